The number of hydrogen-bond donors (Lipinski definition) is 1. The van der Waals surface area contributed by atoms with E-state index in [-0.39, 0.29) is 15.0 Å². The van der Waals surface area contributed by atoms with Crippen molar-refractivity contribution in [3.05, 3.63) is 52.1 Å². The van der Waals surface area contributed by atoms with Gasteiger partial charge >= 0.3 is 6.36 Å². The fourth-order valence-electron chi connectivity index (χ4n) is 3.56. The molecule has 6 nitrogen and oxygen atoms in total. The van der Waals surface area contributed by atoms with Crippen molar-refractivity contribution in [2.45, 2.75) is 11.3 Å². The molecule has 0 radical (unpaired) electrons. The predicted octanol–water partition coefficient (Wildman–Crippen LogP) is 4.60. The molecule has 2 aromatic carbocycles. The van der Waals surface area contributed by atoms with E-state index in [1.165, 1.54) is 12.3 Å². The van der Waals surface area contributed by atoms with Gasteiger partial charge in [-0.2, -0.15) is 0 Å². The van der Waals surface area contributed by atoms with Crippen molar-refractivity contribution >= 4 is 54.1 Å². The van der Waals surface area contributed by atoms with Crippen LogP contribution in [0, 0.1) is 0 Å². The summed E-state index contributed by atoms with van der Waals surface area (Å²) in [6.45, 7) is 3.01. The lowest BCUT2D eigenvalue weighted by atomic mass is 10.2. The molecule has 12 heteroatoms. The van der Waals surface area contributed by atoms with Crippen LogP contribution in [-0.2, 0) is 10.0 Å². The Balaban J connectivity index is 1.88. The van der Waals surface area contributed by atoms with Crippen molar-refractivity contribution in [2.75, 3.05) is 31.1 Å². The zero-order chi connectivity index (χ0) is 22.4. The average Bonchev–Trinajstić information content (AvgIpc) is 3.14. The van der Waals surface area contributed by atoms with E-state index in [1.54, 1.807) is 12.1 Å². The van der Waals surface area contributed by atoms with Crippen molar-refractivity contribution in [2.24, 2.45) is 0 Å². The van der Waals surface area contributed by atoms with Crippen molar-refractivity contribution in [3.8, 4) is 5.75 Å². The first-order valence-corrected chi connectivity index (χ1v) is 11.7. The topological polar surface area (TPSA) is 63.6 Å². The summed E-state index contributed by atoms with van der Waals surface area (Å²) < 4.78 is 70.6. The fraction of sp³-hybridized carbons (Fsp3) is 0.263. The maximum Gasteiger partial charge on any atom is 0.573 e. The molecule has 0 amide bonds. The molecule has 1 N–H and O–H groups in total. The Morgan fingerprint density at radius 3 is 2.48 bits per heavy atom. The third-order valence-corrected chi connectivity index (χ3v) is 7.38. The quantitative estimate of drug-likeness (QED) is 0.526. The maximum atomic E-state index is 13.4. The number of nitrogens with one attached hydrogen (secondary N) is 1. The number of nitrogens with zero attached hydrogens (tertiary/aromatic N) is 2. The SMILES string of the molecule is O=S(=O)(c1ccc(Br)cc1OC(F)(F)F)n1ccc2c(N3CCNCC3)ccc(Cl)c21. The standard InChI is InChI=1S/C19H16BrClF3N3O3S/c20-12-1-4-17(16(11-12)30-19(22,23)24)31(28,29)27-8-5-13-15(3-2-14(21)18(13)27)26-9-6-25-7-10-26/h1-5,8,11,25H,6-7,9-10H2. The maximum absolute atomic E-state index is 13.4. The number of piperazine rings is 1. The van der Waals surface area contributed by atoms with Gasteiger partial charge in [0.15, 0.2) is 5.75 Å². The van der Waals surface area contributed by atoms with Crippen LogP contribution >= 0.6 is 27.5 Å². The van der Waals surface area contributed by atoms with Gasteiger partial charge in [-0.3, -0.25) is 0 Å². The number of anilines is 1. The van der Waals surface area contributed by atoms with Crippen LogP contribution in [0.2, 0.25) is 5.02 Å². The van der Waals surface area contributed by atoms with E-state index in [9.17, 15) is 21.6 Å². The molecule has 3 aromatic rings. The van der Waals surface area contributed by atoms with Gasteiger partial charge in [-0.1, -0.05) is 27.5 Å². The van der Waals surface area contributed by atoms with Gasteiger partial charge in [-0.25, -0.2) is 12.4 Å². The molecule has 0 aliphatic carbocycles. The zero-order valence-electron chi connectivity index (χ0n) is 15.8. The lowest BCUT2D eigenvalue weighted by molar-refractivity contribution is -0.275. The van der Waals surface area contributed by atoms with Crippen LogP contribution in [0.15, 0.2) is 52.0 Å². The van der Waals surface area contributed by atoms with Gasteiger partial charge in [0.25, 0.3) is 10.0 Å². The van der Waals surface area contributed by atoms with Gasteiger partial charge in [0.1, 0.15) is 4.90 Å². The first kappa shape index (κ1) is 22.3. The number of hydrogen-bond acceptors (Lipinski definition) is 5. The number of rotatable bonds is 4. The van der Waals surface area contributed by atoms with Gasteiger partial charge in [0.05, 0.1) is 10.5 Å². The molecule has 0 unspecified atom stereocenters. The van der Waals surface area contributed by atoms with Crippen LogP contribution < -0.4 is 15.0 Å². The second-order valence-corrected chi connectivity index (χ2v) is 9.93. The summed E-state index contributed by atoms with van der Waals surface area (Å²) in [6, 6.07) is 8.34. The van der Waals surface area contributed by atoms with Gasteiger partial charge in [0.2, 0.25) is 0 Å². The molecular formula is C19H16BrClF3N3O3S. The van der Waals surface area contributed by atoms with Crippen molar-refractivity contribution in [3.63, 3.8) is 0 Å². The molecule has 31 heavy (non-hydrogen) atoms. The van der Waals surface area contributed by atoms with E-state index in [4.69, 9.17) is 11.6 Å². The third kappa shape index (κ3) is 4.36. The molecule has 1 aliphatic heterocycles. The molecule has 166 valence electrons. The van der Waals surface area contributed by atoms with E-state index in [2.05, 4.69) is 30.9 Å². The normalized spacial score (nSPS) is 15.5. The Bertz CT molecular complexity index is 1240. The number of alkyl halides is 3. The molecule has 1 saturated heterocycles. The lowest BCUT2D eigenvalue weighted by Crippen LogP contribution is -2.43. The number of benzene rings is 2. The third-order valence-electron chi connectivity index (χ3n) is 4.87. The van der Waals surface area contributed by atoms with Crippen LogP contribution in [0.4, 0.5) is 18.9 Å². The highest BCUT2D eigenvalue weighted by Gasteiger charge is 2.35. The number of ether oxygens (including phenoxy) is 1. The molecule has 2 heterocycles. The van der Waals surface area contributed by atoms with E-state index in [0.717, 1.165) is 48.0 Å². The van der Waals surface area contributed by atoms with Crippen molar-refractivity contribution < 1.29 is 26.3 Å². The highest BCUT2D eigenvalue weighted by Crippen LogP contribution is 2.38. The molecule has 0 spiro atoms. The van der Waals surface area contributed by atoms with Gasteiger partial charge < -0.3 is 15.0 Å². The first-order valence-electron chi connectivity index (χ1n) is 9.14. The minimum atomic E-state index is -5.06. The Labute approximate surface area is 189 Å². The highest BCUT2D eigenvalue weighted by molar-refractivity contribution is 9.10. The fourth-order valence-corrected chi connectivity index (χ4v) is 5.67. The Hall–Kier alpha value is -1.95. The summed E-state index contributed by atoms with van der Waals surface area (Å²) >= 11 is 9.39. The van der Waals surface area contributed by atoms with Gasteiger partial charge in [-0.05, 0) is 36.4 Å². The molecule has 1 fully saturated rings. The lowest BCUT2D eigenvalue weighted by Gasteiger charge is -2.30. The molecule has 1 aromatic heterocycles. The number of halogens is 5. The van der Waals surface area contributed by atoms with E-state index < -0.39 is 27.0 Å². The average molecular weight is 539 g/mol. The first-order chi connectivity index (χ1) is 14.6. The summed E-state index contributed by atoms with van der Waals surface area (Å²) in [4.78, 5) is 1.47. The number of fused-ring (bicyclic) bond motifs is 1. The Morgan fingerprint density at radius 1 is 1.10 bits per heavy atom. The zero-order valence-corrected chi connectivity index (χ0v) is 18.9. The molecule has 1 aliphatic rings. The molecule has 0 bridgehead atoms. The Kier molecular flexibility index (Phi) is 5.88. The predicted molar refractivity (Wildman–Crippen MR) is 115 cm³/mol. The minimum absolute atomic E-state index is 0.165. The summed E-state index contributed by atoms with van der Waals surface area (Å²) in [5.41, 5.74) is 0.996. The van der Waals surface area contributed by atoms with E-state index >= 15 is 0 Å². The minimum Gasteiger partial charge on any atom is -0.404 e. The molecule has 0 saturated carbocycles. The van der Waals surface area contributed by atoms with Crippen LogP contribution in [0.25, 0.3) is 10.9 Å². The smallest absolute Gasteiger partial charge is 0.404 e. The molecule has 4 rings (SSSR count). The van der Waals surface area contributed by atoms with Gasteiger partial charge in [0, 0.05) is 47.9 Å². The van der Waals surface area contributed by atoms with Crippen molar-refractivity contribution in [1.82, 2.24) is 9.29 Å². The summed E-state index contributed by atoms with van der Waals surface area (Å²) in [5, 5.41) is 4.00. The summed E-state index contributed by atoms with van der Waals surface area (Å²) in [6.07, 6.45) is -3.77. The highest BCUT2D eigenvalue weighted by atomic mass is 79.9. The largest absolute Gasteiger partial charge is 0.573 e. The number of aromatic nitrogens is 1. The second-order valence-electron chi connectivity index (χ2n) is 6.82. The summed E-state index contributed by atoms with van der Waals surface area (Å²) in [7, 11) is -4.46. The summed E-state index contributed by atoms with van der Waals surface area (Å²) in [5.74, 6) is -0.835. The van der Waals surface area contributed by atoms with Crippen LogP contribution in [0.3, 0.4) is 0 Å². The van der Waals surface area contributed by atoms with E-state index in [0.29, 0.717) is 5.39 Å². The molecular weight excluding hydrogens is 523 g/mol. The van der Waals surface area contributed by atoms with Crippen LogP contribution in [0.1, 0.15) is 0 Å². The van der Waals surface area contributed by atoms with Crippen LogP contribution in [-0.4, -0.2) is 44.9 Å². The molecule has 0 atom stereocenters. The second kappa shape index (κ2) is 8.19. The van der Waals surface area contributed by atoms with E-state index in [1.807, 2.05) is 6.07 Å². The van der Waals surface area contributed by atoms with Crippen LogP contribution in [0.5, 0.6) is 5.75 Å². The van der Waals surface area contributed by atoms with Gasteiger partial charge in [-0.15, -0.1) is 13.2 Å². The monoisotopic (exact) mass is 537 g/mol. The Morgan fingerprint density at radius 2 is 1.81 bits per heavy atom. The van der Waals surface area contributed by atoms with Crippen molar-refractivity contribution in [1.29, 1.82) is 0 Å².